The van der Waals surface area contributed by atoms with Gasteiger partial charge in [-0.2, -0.15) is 0 Å². The van der Waals surface area contributed by atoms with Gasteiger partial charge < -0.3 is 5.73 Å². The number of nitrogens with zero attached hydrogens (tertiary/aromatic N) is 2. The molecule has 0 unspecified atom stereocenters. The second kappa shape index (κ2) is 11.3. The van der Waals surface area contributed by atoms with Gasteiger partial charge in [0.2, 0.25) is 5.91 Å². The molecule has 33 heavy (non-hydrogen) atoms. The van der Waals surface area contributed by atoms with Crippen LogP contribution < -0.4 is 5.73 Å². The lowest BCUT2D eigenvalue weighted by Gasteiger charge is -2.33. The highest BCUT2D eigenvalue weighted by Crippen LogP contribution is 2.23. The predicted molar refractivity (Wildman–Crippen MR) is 120 cm³/mol. The number of halogens is 4. The molecule has 2 aromatic carbocycles. The summed E-state index contributed by atoms with van der Waals surface area (Å²) in [5.41, 5.74) is 6.75. The van der Waals surface area contributed by atoms with E-state index in [2.05, 4.69) is 0 Å². The summed E-state index contributed by atoms with van der Waals surface area (Å²) in [4.78, 5) is 13.1. The second-order valence-corrected chi connectivity index (χ2v) is 9.81. The minimum absolute atomic E-state index is 0. The van der Waals surface area contributed by atoms with E-state index in [9.17, 15) is 26.4 Å². The normalized spacial score (nSPS) is 16.1. The Morgan fingerprint density at radius 3 is 2.27 bits per heavy atom. The maximum absolute atomic E-state index is 13.9. The number of aryl methyl sites for hydroxylation is 1. The van der Waals surface area contributed by atoms with Gasteiger partial charge in [-0.15, -0.1) is 16.8 Å². The van der Waals surface area contributed by atoms with Gasteiger partial charge in [0.05, 0.1) is 4.90 Å². The van der Waals surface area contributed by atoms with Crippen molar-refractivity contribution in [3.8, 4) is 0 Å². The van der Waals surface area contributed by atoms with Crippen LogP contribution >= 0.6 is 12.4 Å². The fourth-order valence-electron chi connectivity index (χ4n) is 3.65. The molecule has 0 saturated carbocycles. The summed E-state index contributed by atoms with van der Waals surface area (Å²) in [5.74, 6) is -4.00. The van der Waals surface area contributed by atoms with E-state index in [0.717, 1.165) is 22.5 Å². The highest BCUT2D eigenvalue weighted by atomic mass is 35.5. The Morgan fingerprint density at radius 2 is 1.61 bits per heavy atom. The number of amides is 1. The van der Waals surface area contributed by atoms with Crippen LogP contribution in [0.4, 0.5) is 13.2 Å². The van der Waals surface area contributed by atoms with Crippen molar-refractivity contribution in [3.05, 3.63) is 65.0 Å². The monoisotopic (exact) mass is 505 g/mol. The van der Waals surface area contributed by atoms with Crippen LogP contribution in [-0.4, -0.2) is 42.9 Å². The van der Waals surface area contributed by atoms with Crippen molar-refractivity contribution in [2.75, 3.05) is 13.1 Å². The van der Waals surface area contributed by atoms with Crippen LogP contribution in [0.3, 0.4) is 0 Å². The van der Waals surface area contributed by atoms with Crippen LogP contribution in [-0.2, 0) is 21.2 Å². The maximum atomic E-state index is 13.9. The van der Waals surface area contributed by atoms with Crippen molar-refractivity contribution in [1.29, 1.82) is 0 Å². The zero-order valence-electron chi connectivity index (χ0n) is 18.1. The van der Waals surface area contributed by atoms with E-state index in [1.165, 1.54) is 17.1 Å². The first-order chi connectivity index (χ1) is 15.1. The fourth-order valence-corrected chi connectivity index (χ4v) is 5.18. The number of carbonyl (C=O) groups is 1. The Labute approximate surface area is 198 Å². The van der Waals surface area contributed by atoms with E-state index in [1.807, 2.05) is 6.92 Å². The lowest BCUT2D eigenvalue weighted by molar-refractivity contribution is -0.141. The fraction of sp³-hybridized carbons (Fsp3) is 0.409. The second-order valence-electron chi connectivity index (χ2n) is 7.97. The summed E-state index contributed by atoms with van der Waals surface area (Å²) in [6.07, 6.45) is 1.50. The van der Waals surface area contributed by atoms with Gasteiger partial charge >= 0.3 is 0 Å². The van der Waals surface area contributed by atoms with Gasteiger partial charge in [0.1, 0.15) is 5.82 Å². The zero-order chi connectivity index (χ0) is 23.5. The van der Waals surface area contributed by atoms with Crippen molar-refractivity contribution in [2.24, 2.45) is 5.73 Å². The van der Waals surface area contributed by atoms with Crippen LogP contribution in [0, 0.1) is 24.4 Å². The van der Waals surface area contributed by atoms with Gasteiger partial charge in [-0.25, -0.2) is 21.6 Å². The molecule has 1 saturated heterocycles. The third-order valence-corrected chi connectivity index (χ3v) is 7.18. The molecule has 2 aromatic rings. The number of sulfonamides is 1. The number of hydrazine groups is 1. The van der Waals surface area contributed by atoms with E-state index in [4.69, 9.17) is 5.73 Å². The number of benzene rings is 2. The van der Waals surface area contributed by atoms with Gasteiger partial charge in [-0.1, -0.05) is 24.1 Å². The smallest absolute Gasteiger partial charge is 0.260 e. The van der Waals surface area contributed by atoms with Crippen LogP contribution in [0.1, 0.15) is 36.8 Å². The number of hydrogen-bond donors (Lipinski definition) is 1. The summed E-state index contributed by atoms with van der Waals surface area (Å²) < 4.78 is 68.1. The molecule has 3 rings (SSSR count). The first-order valence-corrected chi connectivity index (χ1v) is 11.8. The topological polar surface area (TPSA) is 83.7 Å². The molecule has 11 heteroatoms. The minimum Gasteiger partial charge on any atom is -0.327 e. The molecule has 2 N–H and O–H groups in total. The Hall–Kier alpha value is -2.14. The van der Waals surface area contributed by atoms with Crippen molar-refractivity contribution in [2.45, 2.75) is 50.0 Å². The van der Waals surface area contributed by atoms with Gasteiger partial charge in [0.25, 0.3) is 10.0 Å². The molecular formula is C22H27ClF3N3O3S. The minimum atomic E-state index is -3.96. The van der Waals surface area contributed by atoms with Crippen molar-refractivity contribution >= 4 is 28.3 Å². The first kappa shape index (κ1) is 27.1. The van der Waals surface area contributed by atoms with E-state index >= 15 is 0 Å². The molecule has 0 radical (unpaired) electrons. The summed E-state index contributed by atoms with van der Waals surface area (Å²) in [5, 5.41) is 1.18. The summed E-state index contributed by atoms with van der Waals surface area (Å²) in [6, 6.07) is 6.60. The molecule has 182 valence electrons. The van der Waals surface area contributed by atoms with E-state index in [0.29, 0.717) is 18.9 Å². The molecule has 0 spiro atoms. The summed E-state index contributed by atoms with van der Waals surface area (Å²) >= 11 is 0. The van der Waals surface area contributed by atoms with E-state index in [1.54, 1.807) is 12.1 Å². The average Bonchev–Trinajstić information content (AvgIpc) is 2.99. The molecule has 1 aliphatic rings. The number of nitrogens with two attached hydrogens (primary N) is 1. The largest absolute Gasteiger partial charge is 0.327 e. The highest BCUT2D eigenvalue weighted by molar-refractivity contribution is 7.89. The summed E-state index contributed by atoms with van der Waals surface area (Å²) in [7, 11) is -3.96. The van der Waals surface area contributed by atoms with E-state index in [-0.39, 0.29) is 48.8 Å². The lowest BCUT2D eigenvalue weighted by atomic mass is 10.0. The van der Waals surface area contributed by atoms with Crippen molar-refractivity contribution in [1.82, 2.24) is 9.42 Å². The number of carbonyl (C=O) groups excluding carboxylic acids is 1. The standard InChI is InChI=1S/C22H26F3N3O3S.ClH/c1-15-5-7-18(8-6-15)32(30,31)28-10-4-2-3-9-27(28)22(29)13-17(26)11-16-12-20(24)21(25)14-19(16)23;/h5-8,12,14,17H,2-4,9-11,13,26H2,1H3;1H/t17-;/m1./s1. The average molecular weight is 506 g/mol. The third-order valence-electron chi connectivity index (χ3n) is 5.38. The summed E-state index contributed by atoms with van der Waals surface area (Å²) in [6.45, 7) is 2.19. The van der Waals surface area contributed by atoms with Crippen molar-refractivity contribution in [3.63, 3.8) is 0 Å². The van der Waals surface area contributed by atoms with Crippen LogP contribution in [0.2, 0.25) is 0 Å². The molecule has 0 aromatic heterocycles. The quantitative estimate of drug-likeness (QED) is 0.607. The molecule has 0 aliphatic carbocycles. The Balaban J connectivity index is 0.00000385. The molecule has 1 heterocycles. The van der Waals surface area contributed by atoms with Crippen molar-refractivity contribution < 1.29 is 26.4 Å². The molecule has 6 nitrogen and oxygen atoms in total. The molecule has 1 atom stereocenters. The maximum Gasteiger partial charge on any atom is 0.260 e. The highest BCUT2D eigenvalue weighted by Gasteiger charge is 2.34. The van der Waals surface area contributed by atoms with Crippen LogP contribution in [0.5, 0.6) is 0 Å². The molecular weight excluding hydrogens is 479 g/mol. The number of rotatable bonds is 6. The van der Waals surface area contributed by atoms with Gasteiger partial charge in [-0.3, -0.25) is 9.80 Å². The van der Waals surface area contributed by atoms with Gasteiger partial charge in [0, 0.05) is 31.6 Å². The van der Waals surface area contributed by atoms with Crippen LogP contribution in [0.15, 0.2) is 41.3 Å². The zero-order valence-corrected chi connectivity index (χ0v) is 19.8. The van der Waals surface area contributed by atoms with Crippen LogP contribution in [0.25, 0.3) is 0 Å². The SMILES string of the molecule is Cc1ccc(S(=O)(=O)N2CCCCCN2C(=O)C[C@H](N)Cc2cc(F)c(F)cc2F)cc1.Cl. The Morgan fingerprint density at radius 1 is 1.00 bits per heavy atom. The molecule has 1 aliphatic heterocycles. The molecule has 1 fully saturated rings. The first-order valence-electron chi connectivity index (χ1n) is 10.4. The Bertz CT molecular complexity index is 1080. The third kappa shape index (κ3) is 6.47. The molecule has 1 amide bonds. The molecule has 0 bridgehead atoms. The van der Waals surface area contributed by atoms with E-state index < -0.39 is 39.4 Å². The predicted octanol–water partition coefficient (Wildman–Crippen LogP) is 3.71. The Kier molecular flexibility index (Phi) is 9.30. The van der Waals surface area contributed by atoms with Gasteiger partial charge in [0.15, 0.2) is 11.6 Å². The lowest BCUT2D eigenvalue weighted by Crippen LogP contribution is -2.50. The van der Waals surface area contributed by atoms with Gasteiger partial charge in [-0.05, 0) is 49.9 Å². The number of hydrogen-bond acceptors (Lipinski definition) is 4.